The molecular weight excluding hydrogens is 278 g/mol. The molecule has 0 bridgehead atoms. The van der Waals surface area contributed by atoms with Gasteiger partial charge in [-0.3, -0.25) is 0 Å². The van der Waals surface area contributed by atoms with Gasteiger partial charge in [0, 0.05) is 5.70 Å². The van der Waals surface area contributed by atoms with E-state index in [1.54, 1.807) is 0 Å². The van der Waals surface area contributed by atoms with Crippen molar-refractivity contribution in [2.24, 2.45) is 5.73 Å². The lowest BCUT2D eigenvalue weighted by molar-refractivity contribution is 0.787. The molecule has 1 heteroatoms. The smallest absolute Gasteiger partial charge is 0.0314 e. The summed E-state index contributed by atoms with van der Waals surface area (Å²) in [7, 11) is 0. The molecule has 0 amide bonds. The van der Waals surface area contributed by atoms with Crippen LogP contribution < -0.4 is 5.73 Å². The lowest BCUT2D eigenvalue weighted by atomic mass is 9.97. The number of hydrogen-bond donors (Lipinski definition) is 1. The summed E-state index contributed by atoms with van der Waals surface area (Å²) in [6.45, 7) is 14.3. The van der Waals surface area contributed by atoms with E-state index in [-0.39, 0.29) is 0 Å². The van der Waals surface area contributed by atoms with Gasteiger partial charge in [0.15, 0.2) is 0 Å². The fourth-order valence-corrected chi connectivity index (χ4v) is 2.61. The van der Waals surface area contributed by atoms with Crippen molar-refractivity contribution in [2.75, 3.05) is 0 Å². The molecular formula is C22H33N. The highest BCUT2D eigenvalue weighted by Crippen LogP contribution is 2.47. The average Bonchev–Trinajstić information content (AvgIpc) is 3.17. The molecule has 1 saturated carbocycles. The molecule has 0 atom stereocenters. The van der Waals surface area contributed by atoms with Crippen LogP contribution in [0.25, 0.3) is 0 Å². The van der Waals surface area contributed by atoms with E-state index in [1.165, 1.54) is 29.5 Å². The molecule has 2 aliphatic carbocycles. The third-order valence-electron chi connectivity index (χ3n) is 4.57. The van der Waals surface area contributed by atoms with E-state index in [0.717, 1.165) is 18.4 Å². The molecule has 3 rings (SSSR count). The standard InChI is InChI=1S/C12H16.C8H11N.C2H6/c1-3-10-4-6-11(7-5-10)12(2)8-9-12;1-6-4-3-5-8(6)7(2)9;1-2/h4-7H,3,8-9H2,1-2H3;3,5H,2,4,9H2,1H3;1-2H3. The van der Waals surface area contributed by atoms with Gasteiger partial charge in [-0.15, -0.1) is 0 Å². The molecule has 0 unspecified atom stereocenters. The summed E-state index contributed by atoms with van der Waals surface area (Å²) >= 11 is 0. The zero-order chi connectivity index (χ0) is 17.5. The molecule has 0 heterocycles. The van der Waals surface area contributed by atoms with Crippen LogP contribution in [0.5, 0.6) is 0 Å². The second kappa shape index (κ2) is 8.76. The van der Waals surface area contributed by atoms with E-state index in [4.69, 9.17) is 5.73 Å². The van der Waals surface area contributed by atoms with Gasteiger partial charge in [-0.25, -0.2) is 0 Å². The van der Waals surface area contributed by atoms with Crippen LogP contribution in [-0.4, -0.2) is 0 Å². The Morgan fingerprint density at radius 1 is 1.17 bits per heavy atom. The van der Waals surface area contributed by atoms with Gasteiger partial charge in [0.25, 0.3) is 0 Å². The van der Waals surface area contributed by atoms with E-state index in [2.05, 4.69) is 57.7 Å². The number of hydrogen-bond acceptors (Lipinski definition) is 1. The molecule has 0 radical (unpaired) electrons. The van der Waals surface area contributed by atoms with Gasteiger partial charge in [-0.1, -0.05) is 76.3 Å². The third-order valence-corrected chi connectivity index (χ3v) is 4.57. The maximum atomic E-state index is 5.48. The van der Waals surface area contributed by atoms with Crippen LogP contribution in [0.1, 0.15) is 65.0 Å². The molecule has 0 saturated heterocycles. The van der Waals surface area contributed by atoms with Crippen LogP contribution >= 0.6 is 0 Å². The second-order valence-corrected chi connectivity index (χ2v) is 6.44. The van der Waals surface area contributed by atoms with E-state index in [1.807, 2.05) is 19.9 Å². The third kappa shape index (κ3) is 5.42. The highest BCUT2D eigenvalue weighted by Gasteiger charge is 2.38. The molecule has 1 nitrogen and oxygen atoms in total. The van der Waals surface area contributed by atoms with Crippen molar-refractivity contribution < 1.29 is 0 Å². The fraction of sp³-hybridized carbons (Fsp3) is 0.455. The summed E-state index contributed by atoms with van der Waals surface area (Å²) in [6, 6.07) is 9.12. The molecule has 2 aliphatic rings. The van der Waals surface area contributed by atoms with Crippen LogP contribution in [0.15, 0.2) is 59.8 Å². The minimum Gasteiger partial charge on any atom is -0.399 e. The van der Waals surface area contributed by atoms with Gasteiger partial charge >= 0.3 is 0 Å². The number of aryl methyl sites for hydroxylation is 1. The highest BCUT2D eigenvalue weighted by molar-refractivity contribution is 5.44. The van der Waals surface area contributed by atoms with Gasteiger partial charge in [0.1, 0.15) is 0 Å². The fourth-order valence-electron chi connectivity index (χ4n) is 2.61. The topological polar surface area (TPSA) is 26.0 Å². The van der Waals surface area contributed by atoms with Crippen molar-refractivity contribution >= 4 is 0 Å². The molecule has 1 fully saturated rings. The number of nitrogens with two attached hydrogens (primary N) is 1. The van der Waals surface area contributed by atoms with Crippen molar-refractivity contribution in [1.29, 1.82) is 0 Å². The lowest BCUT2D eigenvalue weighted by Crippen LogP contribution is -1.98. The number of allylic oxidation sites excluding steroid dienone is 3. The van der Waals surface area contributed by atoms with Crippen molar-refractivity contribution in [1.82, 2.24) is 0 Å². The summed E-state index contributed by atoms with van der Waals surface area (Å²) in [6.07, 6.45) is 9.06. The monoisotopic (exact) mass is 311 g/mol. The first-order valence-electron chi connectivity index (χ1n) is 8.87. The molecule has 2 N–H and O–H groups in total. The molecule has 0 spiro atoms. The van der Waals surface area contributed by atoms with Crippen molar-refractivity contribution in [2.45, 2.75) is 65.7 Å². The van der Waals surface area contributed by atoms with Crippen LogP contribution in [0.2, 0.25) is 0 Å². The minimum atomic E-state index is 0.534. The van der Waals surface area contributed by atoms with Crippen molar-refractivity contribution in [3.63, 3.8) is 0 Å². The Balaban J connectivity index is 0.000000215. The Kier molecular flexibility index (Phi) is 7.35. The van der Waals surface area contributed by atoms with E-state index >= 15 is 0 Å². The van der Waals surface area contributed by atoms with Gasteiger partial charge in [0.05, 0.1) is 0 Å². The zero-order valence-electron chi connectivity index (χ0n) is 15.6. The predicted octanol–water partition coefficient (Wildman–Crippen LogP) is 6.06. The summed E-state index contributed by atoms with van der Waals surface area (Å²) in [4.78, 5) is 0. The molecule has 0 aromatic heterocycles. The minimum absolute atomic E-state index is 0.534. The summed E-state index contributed by atoms with van der Waals surface area (Å²) in [5.41, 5.74) is 12.1. The maximum absolute atomic E-state index is 5.48. The molecule has 1 aromatic rings. The van der Waals surface area contributed by atoms with E-state index in [9.17, 15) is 0 Å². The highest BCUT2D eigenvalue weighted by atomic mass is 14.6. The van der Waals surface area contributed by atoms with Gasteiger partial charge in [-0.2, -0.15) is 0 Å². The van der Waals surface area contributed by atoms with Gasteiger partial charge < -0.3 is 5.73 Å². The zero-order valence-corrected chi connectivity index (χ0v) is 15.6. The second-order valence-electron chi connectivity index (χ2n) is 6.44. The molecule has 0 aliphatic heterocycles. The first-order chi connectivity index (χ1) is 11.0. The molecule has 1 aromatic carbocycles. The predicted molar refractivity (Wildman–Crippen MR) is 104 cm³/mol. The van der Waals surface area contributed by atoms with Crippen LogP contribution in [-0.2, 0) is 11.8 Å². The van der Waals surface area contributed by atoms with Gasteiger partial charge in [-0.05, 0) is 54.7 Å². The molecule has 126 valence electrons. The Bertz CT molecular complexity index is 568. The summed E-state index contributed by atoms with van der Waals surface area (Å²) in [5.74, 6) is 0. The quantitative estimate of drug-likeness (QED) is 0.721. The van der Waals surface area contributed by atoms with Gasteiger partial charge in [0.2, 0.25) is 0 Å². The first-order valence-corrected chi connectivity index (χ1v) is 8.87. The Hall–Kier alpha value is -1.76. The summed E-state index contributed by atoms with van der Waals surface area (Å²) in [5, 5.41) is 0. The van der Waals surface area contributed by atoms with E-state index in [0.29, 0.717) is 11.1 Å². The van der Waals surface area contributed by atoms with Crippen LogP contribution in [0.3, 0.4) is 0 Å². The number of rotatable bonds is 3. The van der Waals surface area contributed by atoms with Crippen LogP contribution in [0.4, 0.5) is 0 Å². The largest absolute Gasteiger partial charge is 0.399 e. The Morgan fingerprint density at radius 3 is 2.04 bits per heavy atom. The first kappa shape index (κ1) is 19.3. The normalized spacial score (nSPS) is 16.9. The van der Waals surface area contributed by atoms with Crippen LogP contribution in [0, 0.1) is 0 Å². The van der Waals surface area contributed by atoms with Crippen molar-refractivity contribution in [3.05, 3.63) is 71.0 Å². The SMILES string of the molecule is C=C(N)C1=C(C)CC=C1.CC.CCc1ccc(C2(C)CC2)cc1. The summed E-state index contributed by atoms with van der Waals surface area (Å²) < 4.78 is 0. The average molecular weight is 312 g/mol. The lowest BCUT2D eigenvalue weighted by Gasteiger charge is -2.08. The molecule has 23 heavy (non-hydrogen) atoms. The maximum Gasteiger partial charge on any atom is 0.0314 e. The Morgan fingerprint density at radius 2 is 1.74 bits per heavy atom. The Labute approximate surface area is 143 Å². The van der Waals surface area contributed by atoms with E-state index < -0.39 is 0 Å². The number of benzene rings is 1. The van der Waals surface area contributed by atoms with Crippen molar-refractivity contribution in [3.8, 4) is 0 Å².